The van der Waals surface area contributed by atoms with Crippen molar-refractivity contribution in [2.24, 2.45) is 11.7 Å². The van der Waals surface area contributed by atoms with Gasteiger partial charge in [0.1, 0.15) is 5.75 Å². The van der Waals surface area contributed by atoms with Gasteiger partial charge in [-0.15, -0.1) is 0 Å². The maximum atomic E-state index is 12.1. The van der Waals surface area contributed by atoms with E-state index in [0.717, 1.165) is 12.8 Å². The van der Waals surface area contributed by atoms with E-state index in [1.165, 1.54) is 0 Å². The largest absolute Gasteiger partial charge is 0.496 e. The lowest BCUT2D eigenvalue weighted by atomic mass is 9.76. The minimum absolute atomic E-state index is 0.0300. The molecule has 0 bridgehead atoms. The predicted molar refractivity (Wildman–Crippen MR) is 63.0 cm³/mol. The fraction of sp³-hybridized carbons (Fsp3) is 0.417. The monoisotopic (exact) mass is 239 g/mol. The minimum Gasteiger partial charge on any atom is -0.496 e. The molecule has 2 N–H and O–H groups in total. The Morgan fingerprint density at radius 1 is 1.50 bits per heavy atom. The molecule has 2 rings (SSSR count). The Bertz CT molecular complexity index is 413. The minimum atomic E-state index is 0.0300. The lowest BCUT2D eigenvalue weighted by molar-refractivity contribution is 0.0829. The van der Waals surface area contributed by atoms with Crippen LogP contribution in [0.2, 0.25) is 5.02 Å². The highest BCUT2D eigenvalue weighted by Crippen LogP contribution is 2.33. The van der Waals surface area contributed by atoms with Crippen LogP contribution in [0.15, 0.2) is 18.2 Å². The first-order chi connectivity index (χ1) is 7.61. The van der Waals surface area contributed by atoms with Crippen LogP contribution in [0.25, 0.3) is 0 Å². The molecule has 0 unspecified atom stereocenters. The van der Waals surface area contributed by atoms with Crippen molar-refractivity contribution in [3.63, 3.8) is 0 Å². The van der Waals surface area contributed by atoms with Crippen LogP contribution in [0, 0.1) is 5.92 Å². The second-order valence-corrected chi connectivity index (χ2v) is 4.57. The van der Waals surface area contributed by atoms with Crippen LogP contribution >= 0.6 is 11.6 Å². The molecular formula is C12H14ClNO2. The summed E-state index contributed by atoms with van der Waals surface area (Å²) in [5.41, 5.74) is 6.24. The van der Waals surface area contributed by atoms with Crippen LogP contribution < -0.4 is 10.5 Å². The van der Waals surface area contributed by atoms with Crippen LogP contribution in [0.1, 0.15) is 23.2 Å². The molecular weight excluding hydrogens is 226 g/mol. The number of ether oxygens (including phenoxy) is 1. The summed E-state index contributed by atoms with van der Waals surface area (Å²) in [7, 11) is 1.55. The van der Waals surface area contributed by atoms with Crippen LogP contribution in [0.4, 0.5) is 0 Å². The number of ketones is 1. The van der Waals surface area contributed by atoms with E-state index in [2.05, 4.69) is 0 Å². The third-order valence-electron chi connectivity index (χ3n) is 2.97. The molecule has 16 heavy (non-hydrogen) atoms. The van der Waals surface area contributed by atoms with E-state index in [1.807, 2.05) is 0 Å². The van der Waals surface area contributed by atoms with E-state index >= 15 is 0 Å². The number of carbonyl (C=O) groups excluding carboxylic acids is 1. The summed E-state index contributed by atoms with van der Waals surface area (Å²) in [4.78, 5) is 12.1. The van der Waals surface area contributed by atoms with Crippen molar-refractivity contribution in [1.82, 2.24) is 0 Å². The zero-order valence-electron chi connectivity index (χ0n) is 9.07. The quantitative estimate of drug-likeness (QED) is 0.824. The zero-order valence-corrected chi connectivity index (χ0v) is 9.83. The number of rotatable bonds is 3. The van der Waals surface area contributed by atoms with Crippen LogP contribution in [-0.2, 0) is 0 Å². The highest BCUT2D eigenvalue weighted by atomic mass is 35.5. The standard InChI is InChI=1S/C12H14ClNO2/c1-16-11-3-2-8(13)6-10(11)12(15)7-4-9(14)5-7/h2-3,6-7,9H,4-5,14H2,1H3. The van der Waals surface area contributed by atoms with Crippen molar-refractivity contribution in [1.29, 1.82) is 0 Å². The molecule has 0 atom stereocenters. The molecule has 0 saturated heterocycles. The maximum absolute atomic E-state index is 12.1. The first-order valence-electron chi connectivity index (χ1n) is 5.25. The van der Waals surface area contributed by atoms with Gasteiger partial charge in [-0.25, -0.2) is 0 Å². The molecule has 0 radical (unpaired) electrons. The summed E-state index contributed by atoms with van der Waals surface area (Å²) in [6, 6.07) is 5.25. The molecule has 1 saturated carbocycles. The molecule has 1 aliphatic rings. The van der Waals surface area contributed by atoms with E-state index in [4.69, 9.17) is 22.1 Å². The molecule has 0 heterocycles. The lowest BCUT2D eigenvalue weighted by Crippen LogP contribution is -2.40. The summed E-state index contributed by atoms with van der Waals surface area (Å²) >= 11 is 5.88. The van der Waals surface area contributed by atoms with E-state index in [9.17, 15) is 4.79 Å². The number of hydrogen-bond acceptors (Lipinski definition) is 3. The van der Waals surface area contributed by atoms with E-state index < -0.39 is 0 Å². The lowest BCUT2D eigenvalue weighted by Gasteiger charge is -2.31. The van der Waals surface area contributed by atoms with Gasteiger partial charge in [0.2, 0.25) is 0 Å². The average molecular weight is 240 g/mol. The van der Waals surface area contributed by atoms with Crippen molar-refractivity contribution >= 4 is 17.4 Å². The zero-order chi connectivity index (χ0) is 11.7. The van der Waals surface area contributed by atoms with Gasteiger partial charge >= 0.3 is 0 Å². The van der Waals surface area contributed by atoms with E-state index in [1.54, 1.807) is 25.3 Å². The fourth-order valence-electron chi connectivity index (χ4n) is 1.97. The number of methoxy groups -OCH3 is 1. The highest BCUT2D eigenvalue weighted by molar-refractivity contribution is 6.31. The Morgan fingerprint density at radius 2 is 2.19 bits per heavy atom. The van der Waals surface area contributed by atoms with Crippen LogP contribution in [0.3, 0.4) is 0 Å². The Labute approximate surface area is 99.5 Å². The Balaban J connectivity index is 2.24. The van der Waals surface area contributed by atoms with Gasteiger partial charge in [-0.05, 0) is 31.0 Å². The van der Waals surface area contributed by atoms with Crippen molar-refractivity contribution in [2.75, 3.05) is 7.11 Å². The molecule has 1 aromatic rings. The maximum Gasteiger partial charge on any atom is 0.169 e. The smallest absolute Gasteiger partial charge is 0.169 e. The first-order valence-corrected chi connectivity index (χ1v) is 5.63. The van der Waals surface area contributed by atoms with Crippen molar-refractivity contribution < 1.29 is 9.53 Å². The number of halogens is 1. The molecule has 86 valence electrons. The van der Waals surface area contributed by atoms with Crippen molar-refractivity contribution in [2.45, 2.75) is 18.9 Å². The molecule has 1 fully saturated rings. The second kappa shape index (κ2) is 4.44. The molecule has 0 aromatic heterocycles. The van der Waals surface area contributed by atoms with Crippen LogP contribution in [-0.4, -0.2) is 18.9 Å². The molecule has 0 amide bonds. The normalized spacial score (nSPS) is 23.7. The first kappa shape index (κ1) is 11.4. The second-order valence-electron chi connectivity index (χ2n) is 4.14. The van der Waals surface area contributed by atoms with E-state index in [0.29, 0.717) is 16.3 Å². The summed E-state index contributed by atoms with van der Waals surface area (Å²) in [6.45, 7) is 0. The van der Waals surface area contributed by atoms with Gasteiger partial charge in [0, 0.05) is 17.0 Å². The third-order valence-corrected chi connectivity index (χ3v) is 3.21. The van der Waals surface area contributed by atoms with Gasteiger partial charge in [-0.3, -0.25) is 4.79 Å². The Morgan fingerprint density at radius 3 is 2.75 bits per heavy atom. The van der Waals surface area contributed by atoms with Gasteiger partial charge in [0.05, 0.1) is 12.7 Å². The van der Waals surface area contributed by atoms with Crippen molar-refractivity contribution in [3.8, 4) is 5.75 Å². The van der Waals surface area contributed by atoms with Gasteiger partial charge in [0.15, 0.2) is 5.78 Å². The summed E-state index contributed by atoms with van der Waals surface area (Å²) < 4.78 is 5.16. The topological polar surface area (TPSA) is 52.3 Å². The van der Waals surface area contributed by atoms with Gasteiger partial charge in [0.25, 0.3) is 0 Å². The SMILES string of the molecule is COc1ccc(Cl)cc1C(=O)C1CC(N)C1. The number of carbonyl (C=O) groups is 1. The van der Waals surface area contributed by atoms with Crippen LogP contribution in [0.5, 0.6) is 5.75 Å². The van der Waals surface area contributed by atoms with Gasteiger partial charge in [-0.1, -0.05) is 11.6 Å². The molecule has 0 aliphatic heterocycles. The Kier molecular flexibility index (Phi) is 3.17. The van der Waals surface area contributed by atoms with E-state index in [-0.39, 0.29) is 17.7 Å². The average Bonchev–Trinajstić information content (AvgIpc) is 2.24. The summed E-state index contributed by atoms with van der Waals surface area (Å²) in [5.74, 6) is 0.693. The number of hydrogen-bond donors (Lipinski definition) is 1. The van der Waals surface area contributed by atoms with Gasteiger partial charge < -0.3 is 10.5 Å². The molecule has 1 aromatic carbocycles. The highest BCUT2D eigenvalue weighted by Gasteiger charge is 2.33. The molecule has 1 aliphatic carbocycles. The molecule has 4 heteroatoms. The molecule has 0 spiro atoms. The van der Waals surface area contributed by atoms with Gasteiger partial charge in [-0.2, -0.15) is 0 Å². The summed E-state index contributed by atoms with van der Waals surface area (Å²) in [6.07, 6.45) is 1.52. The number of nitrogens with two attached hydrogens (primary N) is 1. The number of benzene rings is 1. The number of Topliss-reactive ketones (excluding diaryl/α,β-unsaturated/α-hetero) is 1. The predicted octanol–water partition coefficient (Wildman–Crippen LogP) is 2.27. The molecule has 3 nitrogen and oxygen atoms in total. The summed E-state index contributed by atoms with van der Waals surface area (Å²) in [5, 5.41) is 0.549. The fourth-order valence-corrected chi connectivity index (χ4v) is 2.14. The Hall–Kier alpha value is -1.06. The third kappa shape index (κ3) is 2.06. The van der Waals surface area contributed by atoms with Crippen molar-refractivity contribution in [3.05, 3.63) is 28.8 Å².